The Hall–Kier alpha value is -0.510. The van der Waals surface area contributed by atoms with Gasteiger partial charge in [0.25, 0.3) is 0 Å². The van der Waals surface area contributed by atoms with E-state index >= 15 is 0 Å². The third-order valence-electron chi connectivity index (χ3n) is 2.96. The van der Waals surface area contributed by atoms with E-state index in [-0.39, 0.29) is 16.6 Å². The van der Waals surface area contributed by atoms with Crippen molar-refractivity contribution in [2.45, 2.75) is 38.4 Å². The quantitative estimate of drug-likeness (QED) is 0.629. The van der Waals surface area contributed by atoms with Gasteiger partial charge in [-0.05, 0) is 12.5 Å². The minimum Gasteiger partial charge on any atom is -0.274 e. The van der Waals surface area contributed by atoms with Gasteiger partial charge in [-0.2, -0.15) is 10.2 Å². The van der Waals surface area contributed by atoms with Gasteiger partial charge in [0.05, 0.1) is 0 Å². The lowest BCUT2D eigenvalue weighted by Gasteiger charge is -2.49. The maximum atomic E-state index is 11.6. The third kappa shape index (κ3) is 1.67. The lowest BCUT2D eigenvalue weighted by Crippen LogP contribution is -2.40. The Labute approximate surface area is 87.3 Å². The summed E-state index contributed by atoms with van der Waals surface area (Å²) in [5, 5.41) is 0. The van der Waals surface area contributed by atoms with Crippen LogP contribution >= 0.6 is 10.2 Å². The van der Waals surface area contributed by atoms with E-state index in [1.54, 1.807) is 0 Å². The average Bonchev–Trinajstić information content (AvgIpc) is 2.28. The molecule has 1 fully saturated rings. The van der Waals surface area contributed by atoms with Gasteiger partial charge in [0.2, 0.25) is 11.8 Å². The molecule has 0 atom stereocenters. The highest BCUT2D eigenvalue weighted by Gasteiger charge is 2.43. The van der Waals surface area contributed by atoms with Gasteiger partial charge < -0.3 is 0 Å². The highest BCUT2D eigenvalue weighted by atomic mass is 32.3. The molecule has 0 unspecified atom stereocenters. The van der Waals surface area contributed by atoms with Crippen LogP contribution in [0.15, 0.2) is 0 Å². The number of rotatable bonds is 1. The molecule has 0 spiro atoms. The Morgan fingerprint density at radius 3 is 1.71 bits per heavy atom. The monoisotopic (exact) mass is 217 g/mol. The summed E-state index contributed by atoms with van der Waals surface area (Å²) < 4.78 is 1.51. The molecule has 0 aromatic heterocycles. The van der Waals surface area contributed by atoms with E-state index in [2.05, 4.69) is 20.8 Å². The van der Waals surface area contributed by atoms with Crippen LogP contribution in [0.4, 0.5) is 0 Å². The Morgan fingerprint density at radius 1 is 1.07 bits per heavy atom. The van der Waals surface area contributed by atoms with Gasteiger partial charge in [-0.1, -0.05) is 20.8 Å². The van der Waals surface area contributed by atoms with Crippen molar-refractivity contribution in [2.24, 2.45) is 0 Å². The first-order valence-electron chi connectivity index (χ1n) is 4.77. The van der Waals surface area contributed by atoms with Crippen LogP contribution in [0.1, 0.15) is 33.6 Å². The lowest BCUT2D eigenvalue weighted by atomic mass is 10.3. The molecule has 1 saturated heterocycles. The molecular formula is C10H19NO2S. The summed E-state index contributed by atoms with van der Waals surface area (Å²) in [7, 11) is -1.34. The normalized spacial score (nSPS) is 20.5. The van der Waals surface area contributed by atoms with Crippen molar-refractivity contribution < 1.29 is 9.59 Å². The second kappa shape index (κ2) is 3.26. The Morgan fingerprint density at radius 2 is 1.43 bits per heavy atom. The van der Waals surface area contributed by atoms with Crippen LogP contribution in [-0.2, 0) is 9.59 Å². The molecule has 2 amide bonds. The number of hydrogen-bond acceptors (Lipinski definition) is 2. The predicted octanol–water partition coefficient (Wildman–Crippen LogP) is 1.91. The zero-order valence-corrected chi connectivity index (χ0v) is 10.4. The molecule has 0 N–H and O–H groups in total. The molecule has 1 aliphatic heterocycles. The van der Waals surface area contributed by atoms with E-state index in [0.29, 0.717) is 12.8 Å². The average molecular weight is 217 g/mol. The van der Waals surface area contributed by atoms with Gasteiger partial charge in [-0.15, -0.1) is 0 Å². The van der Waals surface area contributed by atoms with Crippen molar-refractivity contribution in [2.75, 3.05) is 12.5 Å². The fraction of sp³-hybridized carbons (Fsp3) is 0.800. The van der Waals surface area contributed by atoms with Crippen molar-refractivity contribution >= 4 is 22.0 Å². The molecule has 0 radical (unpaired) electrons. The summed E-state index contributed by atoms with van der Waals surface area (Å²) in [6.45, 7) is 6.25. The lowest BCUT2D eigenvalue weighted by molar-refractivity contribution is -0.132. The standard InChI is InChI=1S/C10H19NO2S/c1-10(2,3)14(4,5)11-8(12)6-7-9(11)13/h6-7H2,1-5H3. The first-order valence-corrected chi connectivity index (χ1v) is 7.17. The molecule has 1 aliphatic rings. The Bertz CT molecular complexity index is 262. The molecule has 1 heterocycles. The van der Waals surface area contributed by atoms with Crippen LogP contribution in [0.25, 0.3) is 0 Å². The van der Waals surface area contributed by atoms with Crippen molar-refractivity contribution in [3.63, 3.8) is 0 Å². The summed E-state index contributed by atoms with van der Waals surface area (Å²) in [5.41, 5.74) is 0. The SMILES string of the molecule is CC(C)(C)S(C)(C)N1C(=O)CCC1=O. The summed E-state index contributed by atoms with van der Waals surface area (Å²) in [5.74, 6) is 0.00912. The molecule has 0 aromatic carbocycles. The molecule has 0 bridgehead atoms. The molecule has 3 nitrogen and oxygen atoms in total. The zero-order valence-electron chi connectivity index (χ0n) is 9.59. The van der Waals surface area contributed by atoms with Gasteiger partial charge in [0.15, 0.2) is 0 Å². The molecule has 0 aromatic rings. The van der Waals surface area contributed by atoms with E-state index in [1.807, 2.05) is 12.5 Å². The molecule has 4 heteroatoms. The van der Waals surface area contributed by atoms with Crippen molar-refractivity contribution in [3.05, 3.63) is 0 Å². The third-order valence-corrected chi connectivity index (χ3v) is 7.28. The first-order chi connectivity index (χ1) is 6.18. The summed E-state index contributed by atoms with van der Waals surface area (Å²) in [6.07, 6.45) is 4.86. The molecule has 1 rings (SSSR count). The highest BCUT2D eigenvalue weighted by Crippen LogP contribution is 2.57. The first kappa shape index (κ1) is 11.6. The molecular weight excluding hydrogens is 198 g/mol. The van der Waals surface area contributed by atoms with E-state index < -0.39 is 10.2 Å². The maximum absolute atomic E-state index is 11.6. The summed E-state index contributed by atoms with van der Waals surface area (Å²) in [4.78, 5) is 23.2. The van der Waals surface area contributed by atoms with Crippen LogP contribution < -0.4 is 0 Å². The fourth-order valence-corrected chi connectivity index (χ4v) is 3.09. The summed E-state index contributed by atoms with van der Waals surface area (Å²) >= 11 is 0. The zero-order chi connectivity index (χ0) is 11.1. The summed E-state index contributed by atoms with van der Waals surface area (Å²) in [6, 6.07) is 0. The number of carbonyl (C=O) groups is 2. The van der Waals surface area contributed by atoms with Crippen molar-refractivity contribution in [3.8, 4) is 0 Å². The number of imide groups is 1. The van der Waals surface area contributed by atoms with Gasteiger partial charge in [-0.25, -0.2) is 4.31 Å². The van der Waals surface area contributed by atoms with E-state index in [4.69, 9.17) is 0 Å². The van der Waals surface area contributed by atoms with Crippen LogP contribution in [-0.4, -0.2) is 33.4 Å². The fourth-order valence-electron chi connectivity index (χ4n) is 1.34. The van der Waals surface area contributed by atoms with Gasteiger partial charge >= 0.3 is 0 Å². The largest absolute Gasteiger partial charge is 0.274 e. The predicted molar refractivity (Wildman–Crippen MR) is 60.3 cm³/mol. The minimum absolute atomic E-state index is 0.00456. The number of hydrogen-bond donors (Lipinski definition) is 0. The van der Waals surface area contributed by atoms with Crippen molar-refractivity contribution in [1.82, 2.24) is 4.31 Å². The Kier molecular flexibility index (Phi) is 2.69. The van der Waals surface area contributed by atoms with E-state index in [0.717, 1.165) is 0 Å². The second-order valence-electron chi connectivity index (χ2n) is 4.97. The number of nitrogens with zero attached hydrogens (tertiary/aromatic N) is 1. The van der Waals surface area contributed by atoms with E-state index in [1.165, 1.54) is 4.31 Å². The van der Waals surface area contributed by atoms with Crippen LogP contribution in [0.2, 0.25) is 0 Å². The molecule has 82 valence electrons. The topological polar surface area (TPSA) is 37.4 Å². The smallest absolute Gasteiger partial charge is 0.238 e. The molecule has 0 aliphatic carbocycles. The minimum atomic E-state index is -1.34. The second-order valence-corrected chi connectivity index (χ2v) is 9.10. The number of carbonyl (C=O) groups excluding carboxylic acids is 2. The van der Waals surface area contributed by atoms with Gasteiger partial charge in [0.1, 0.15) is 0 Å². The highest BCUT2D eigenvalue weighted by molar-refractivity contribution is 8.32. The van der Waals surface area contributed by atoms with Crippen LogP contribution in [0.5, 0.6) is 0 Å². The van der Waals surface area contributed by atoms with Gasteiger partial charge in [0, 0.05) is 17.6 Å². The van der Waals surface area contributed by atoms with Gasteiger partial charge in [-0.3, -0.25) is 9.59 Å². The maximum Gasteiger partial charge on any atom is 0.238 e. The molecule has 14 heavy (non-hydrogen) atoms. The van der Waals surface area contributed by atoms with Crippen LogP contribution in [0, 0.1) is 0 Å². The van der Waals surface area contributed by atoms with Crippen molar-refractivity contribution in [1.29, 1.82) is 0 Å². The van der Waals surface area contributed by atoms with Crippen LogP contribution in [0.3, 0.4) is 0 Å². The Balaban J connectivity index is 3.03. The molecule has 0 saturated carbocycles. The number of amides is 2. The van der Waals surface area contributed by atoms with E-state index in [9.17, 15) is 9.59 Å².